The van der Waals surface area contributed by atoms with E-state index in [1.807, 2.05) is 24.3 Å². The van der Waals surface area contributed by atoms with Crippen LogP contribution in [0.4, 0.5) is 0 Å². The summed E-state index contributed by atoms with van der Waals surface area (Å²) in [6.45, 7) is 5.39. The highest BCUT2D eigenvalue weighted by Crippen LogP contribution is 2.21. The summed E-state index contributed by atoms with van der Waals surface area (Å²) in [4.78, 5) is 19.2. The van der Waals surface area contributed by atoms with Gasteiger partial charge < -0.3 is 4.74 Å². The Bertz CT molecular complexity index is 634. The Morgan fingerprint density at radius 3 is 3.19 bits per heavy atom. The Hall–Kier alpha value is -1.78. The molecule has 2 heterocycles. The van der Waals surface area contributed by atoms with Gasteiger partial charge in [-0.3, -0.25) is 14.7 Å². The van der Waals surface area contributed by atoms with Crippen molar-refractivity contribution in [3.05, 3.63) is 42.2 Å². The quantitative estimate of drug-likeness (QED) is 0.809. The largest absolute Gasteiger partial charge is 0.367 e. The number of pyridine rings is 1. The van der Waals surface area contributed by atoms with Crippen LogP contribution in [0.2, 0.25) is 0 Å². The monoisotopic (exact) mass is 284 g/mol. The molecule has 2 aromatic rings. The van der Waals surface area contributed by atoms with Gasteiger partial charge in [0.1, 0.15) is 6.10 Å². The molecule has 4 nitrogen and oxygen atoms in total. The van der Waals surface area contributed by atoms with Gasteiger partial charge in [0.15, 0.2) is 5.78 Å². The molecule has 1 unspecified atom stereocenters. The molecule has 3 rings (SSSR count). The van der Waals surface area contributed by atoms with Gasteiger partial charge in [-0.05, 0) is 24.4 Å². The van der Waals surface area contributed by atoms with Gasteiger partial charge in [0.05, 0.1) is 6.61 Å². The van der Waals surface area contributed by atoms with E-state index < -0.39 is 0 Å². The minimum atomic E-state index is -0.365. The lowest BCUT2D eigenvalue weighted by Gasteiger charge is -2.32. The summed E-state index contributed by atoms with van der Waals surface area (Å²) >= 11 is 0. The molecule has 1 atom stereocenters. The van der Waals surface area contributed by atoms with Crippen LogP contribution in [0.3, 0.4) is 0 Å². The second-order valence-electron chi connectivity index (χ2n) is 5.43. The summed E-state index contributed by atoms with van der Waals surface area (Å²) in [6.07, 6.45) is 4.24. The molecule has 21 heavy (non-hydrogen) atoms. The van der Waals surface area contributed by atoms with Crippen LogP contribution in [0.15, 0.2) is 36.7 Å². The lowest BCUT2D eigenvalue weighted by atomic mass is 9.99. The third-order valence-electron chi connectivity index (χ3n) is 3.93. The van der Waals surface area contributed by atoms with Crippen molar-refractivity contribution in [2.45, 2.75) is 19.4 Å². The van der Waals surface area contributed by atoms with E-state index in [-0.39, 0.29) is 11.9 Å². The number of hydrogen-bond donors (Lipinski definition) is 0. The van der Waals surface area contributed by atoms with E-state index in [1.165, 1.54) is 0 Å². The molecule has 0 N–H and O–H groups in total. The SMILES string of the molecule is CCCN1CCOC(C(=O)c2cccc3ccncc23)C1. The molecular formula is C17H20N2O2. The van der Waals surface area contributed by atoms with Crippen LogP contribution in [0.25, 0.3) is 10.8 Å². The third kappa shape index (κ3) is 2.96. The van der Waals surface area contributed by atoms with Crippen LogP contribution < -0.4 is 0 Å². The van der Waals surface area contributed by atoms with Gasteiger partial charge in [-0.2, -0.15) is 0 Å². The highest BCUT2D eigenvalue weighted by molar-refractivity contribution is 6.10. The molecule has 1 aliphatic rings. The first kappa shape index (κ1) is 14.2. The molecule has 0 spiro atoms. The first-order valence-corrected chi connectivity index (χ1v) is 7.50. The van der Waals surface area contributed by atoms with Crippen LogP contribution in [0, 0.1) is 0 Å². The number of hydrogen-bond acceptors (Lipinski definition) is 4. The molecular weight excluding hydrogens is 264 g/mol. The molecule has 1 aromatic heterocycles. The van der Waals surface area contributed by atoms with Crippen molar-refractivity contribution in [3.8, 4) is 0 Å². The molecule has 0 aliphatic carbocycles. The molecule has 0 amide bonds. The van der Waals surface area contributed by atoms with E-state index in [2.05, 4.69) is 16.8 Å². The molecule has 0 saturated carbocycles. The molecule has 1 saturated heterocycles. The molecule has 4 heteroatoms. The number of nitrogens with zero attached hydrogens (tertiary/aromatic N) is 2. The van der Waals surface area contributed by atoms with Gasteiger partial charge in [-0.15, -0.1) is 0 Å². The first-order chi connectivity index (χ1) is 10.3. The summed E-state index contributed by atoms with van der Waals surface area (Å²) in [7, 11) is 0. The predicted molar refractivity (Wildman–Crippen MR) is 82.5 cm³/mol. The van der Waals surface area contributed by atoms with Crippen molar-refractivity contribution < 1.29 is 9.53 Å². The van der Waals surface area contributed by atoms with Crippen LogP contribution in [-0.4, -0.2) is 48.0 Å². The fourth-order valence-corrected chi connectivity index (χ4v) is 2.88. The zero-order chi connectivity index (χ0) is 14.7. The third-order valence-corrected chi connectivity index (χ3v) is 3.93. The number of ether oxygens (including phenoxy) is 1. The van der Waals surface area contributed by atoms with Crippen molar-refractivity contribution in [3.63, 3.8) is 0 Å². The molecule has 0 radical (unpaired) electrons. The van der Waals surface area contributed by atoms with E-state index in [4.69, 9.17) is 4.74 Å². The average molecular weight is 284 g/mol. The smallest absolute Gasteiger partial charge is 0.193 e. The minimum Gasteiger partial charge on any atom is -0.367 e. The summed E-state index contributed by atoms with van der Waals surface area (Å²) in [6, 6.07) is 7.72. The Balaban J connectivity index is 1.86. The average Bonchev–Trinajstić information content (AvgIpc) is 2.54. The van der Waals surface area contributed by atoms with Crippen LogP contribution in [0.5, 0.6) is 0 Å². The van der Waals surface area contributed by atoms with Gasteiger partial charge in [-0.25, -0.2) is 0 Å². The van der Waals surface area contributed by atoms with Crippen LogP contribution in [0.1, 0.15) is 23.7 Å². The lowest BCUT2D eigenvalue weighted by Crippen LogP contribution is -2.46. The maximum atomic E-state index is 12.8. The van der Waals surface area contributed by atoms with Crippen LogP contribution >= 0.6 is 0 Å². The number of aromatic nitrogens is 1. The maximum Gasteiger partial charge on any atom is 0.193 e. The van der Waals surface area contributed by atoms with Gasteiger partial charge in [-0.1, -0.05) is 25.1 Å². The van der Waals surface area contributed by atoms with E-state index in [1.54, 1.807) is 12.4 Å². The van der Waals surface area contributed by atoms with Crippen LogP contribution in [-0.2, 0) is 4.74 Å². The predicted octanol–water partition coefficient (Wildman–Crippen LogP) is 2.53. The Morgan fingerprint density at radius 1 is 1.43 bits per heavy atom. The van der Waals surface area contributed by atoms with E-state index in [9.17, 15) is 4.79 Å². The number of carbonyl (C=O) groups is 1. The molecule has 1 fully saturated rings. The Morgan fingerprint density at radius 2 is 2.33 bits per heavy atom. The maximum absolute atomic E-state index is 12.8. The topological polar surface area (TPSA) is 42.4 Å². The normalized spacial score (nSPS) is 19.8. The summed E-state index contributed by atoms with van der Waals surface area (Å²) < 4.78 is 5.71. The van der Waals surface area contributed by atoms with Gasteiger partial charge in [0.2, 0.25) is 0 Å². The van der Waals surface area contributed by atoms with Crippen molar-refractivity contribution >= 4 is 16.6 Å². The van der Waals surface area contributed by atoms with Crippen molar-refractivity contribution in [2.24, 2.45) is 0 Å². The van der Waals surface area contributed by atoms with Crippen molar-refractivity contribution in [1.29, 1.82) is 0 Å². The molecule has 0 bridgehead atoms. The van der Waals surface area contributed by atoms with Gasteiger partial charge >= 0.3 is 0 Å². The summed E-state index contributed by atoms with van der Waals surface area (Å²) in [5, 5.41) is 1.94. The highest BCUT2D eigenvalue weighted by atomic mass is 16.5. The lowest BCUT2D eigenvalue weighted by molar-refractivity contribution is -0.0162. The highest BCUT2D eigenvalue weighted by Gasteiger charge is 2.27. The van der Waals surface area contributed by atoms with Crippen molar-refractivity contribution in [1.82, 2.24) is 9.88 Å². The summed E-state index contributed by atoms with van der Waals surface area (Å²) in [5.74, 6) is 0.0643. The fraction of sp³-hybridized carbons (Fsp3) is 0.412. The Labute approximate surface area is 124 Å². The summed E-state index contributed by atoms with van der Waals surface area (Å²) in [5.41, 5.74) is 0.712. The van der Waals surface area contributed by atoms with Gasteiger partial charge in [0, 0.05) is 36.4 Å². The molecule has 1 aliphatic heterocycles. The zero-order valence-electron chi connectivity index (χ0n) is 12.3. The number of morpholine rings is 1. The number of fused-ring (bicyclic) bond motifs is 1. The number of Topliss-reactive ketones (excluding diaryl/α,β-unsaturated/α-hetero) is 1. The minimum absolute atomic E-state index is 0.0643. The number of rotatable bonds is 4. The standard InChI is InChI=1S/C17H20N2O2/c1-2-8-19-9-10-21-16(12-19)17(20)14-5-3-4-13-6-7-18-11-15(13)14/h3-7,11,16H,2,8-10,12H2,1H3. The zero-order valence-corrected chi connectivity index (χ0v) is 12.3. The molecule has 110 valence electrons. The number of benzene rings is 1. The second-order valence-corrected chi connectivity index (χ2v) is 5.43. The molecule has 1 aromatic carbocycles. The van der Waals surface area contributed by atoms with Gasteiger partial charge in [0.25, 0.3) is 0 Å². The van der Waals surface area contributed by atoms with E-state index >= 15 is 0 Å². The van der Waals surface area contributed by atoms with Crippen molar-refractivity contribution in [2.75, 3.05) is 26.2 Å². The number of ketones is 1. The van der Waals surface area contributed by atoms with E-state index in [0.29, 0.717) is 18.7 Å². The first-order valence-electron chi connectivity index (χ1n) is 7.50. The Kier molecular flexibility index (Phi) is 4.27. The number of carbonyl (C=O) groups excluding carboxylic acids is 1. The second kappa shape index (κ2) is 6.33. The van der Waals surface area contributed by atoms with E-state index in [0.717, 1.165) is 30.3 Å². The fourth-order valence-electron chi connectivity index (χ4n) is 2.88.